The highest BCUT2D eigenvalue weighted by Crippen LogP contribution is 2.54. The van der Waals surface area contributed by atoms with Crippen LogP contribution in [0.3, 0.4) is 0 Å². The van der Waals surface area contributed by atoms with Crippen LogP contribution in [0.15, 0.2) is 48.5 Å². The van der Waals surface area contributed by atoms with Crippen molar-refractivity contribution in [2.45, 2.75) is 30.7 Å². The third-order valence-electron chi connectivity index (χ3n) is 5.09. The van der Waals surface area contributed by atoms with Crippen LogP contribution in [0.1, 0.15) is 24.0 Å². The zero-order valence-electron chi connectivity index (χ0n) is 14.4. The second kappa shape index (κ2) is 6.63. The van der Waals surface area contributed by atoms with Crippen molar-refractivity contribution in [2.75, 3.05) is 11.1 Å². The van der Waals surface area contributed by atoms with Crippen LogP contribution in [0.4, 0.5) is 5.69 Å². The van der Waals surface area contributed by atoms with Gasteiger partial charge in [-0.15, -0.1) is 11.8 Å². The lowest BCUT2D eigenvalue weighted by Gasteiger charge is -2.34. The van der Waals surface area contributed by atoms with E-state index in [1.54, 1.807) is 22.7 Å². The molecule has 0 bridgehead atoms. The molecular weight excluding hydrogens is 368 g/mol. The summed E-state index contributed by atoms with van der Waals surface area (Å²) in [7, 11) is 0. The molecule has 2 aliphatic rings. The summed E-state index contributed by atoms with van der Waals surface area (Å²) in [4.78, 5) is 26.9. The molecule has 2 aromatic carbocycles. The minimum absolute atomic E-state index is 0.0425. The second-order valence-electron chi connectivity index (χ2n) is 6.69. The quantitative estimate of drug-likeness (QED) is 0.860. The van der Waals surface area contributed by atoms with Gasteiger partial charge in [0, 0.05) is 22.9 Å². The number of benzene rings is 2. The first-order valence-electron chi connectivity index (χ1n) is 8.60. The van der Waals surface area contributed by atoms with Gasteiger partial charge in [-0.1, -0.05) is 48.0 Å². The summed E-state index contributed by atoms with van der Waals surface area (Å²) in [6.07, 6.45) is 1.21. The maximum atomic E-state index is 12.9. The number of anilines is 1. The summed E-state index contributed by atoms with van der Waals surface area (Å²) in [6, 6.07) is 15.0. The molecule has 26 heavy (non-hydrogen) atoms. The Morgan fingerprint density at radius 2 is 2.04 bits per heavy atom. The molecule has 2 amide bonds. The van der Waals surface area contributed by atoms with Crippen molar-refractivity contribution in [3.8, 4) is 0 Å². The normalized spacial score (nSPS) is 24.6. The highest BCUT2D eigenvalue weighted by Gasteiger charge is 2.56. The predicted molar refractivity (Wildman–Crippen MR) is 105 cm³/mol. The average Bonchev–Trinajstić information content (AvgIpc) is 3.18. The van der Waals surface area contributed by atoms with E-state index in [9.17, 15) is 9.59 Å². The fraction of sp³-hybridized carbons (Fsp3) is 0.300. The zero-order valence-corrected chi connectivity index (χ0v) is 15.9. The highest BCUT2D eigenvalue weighted by molar-refractivity contribution is 8.00. The van der Waals surface area contributed by atoms with Crippen LogP contribution in [-0.4, -0.2) is 28.5 Å². The van der Waals surface area contributed by atoms with Gasteiger partial charge >= 0.3 is 0 Å². The van der Waals surface area contributed by atoms with Gasteiger partial charge < -0.3 is 10.2 Å². The van der Waals surface area contributed by atoms with E-state index in [0.717, 1.165) is 17.5 Å². The fourth-order valence-electron chi connectivity index (χ4n) is 3.73. The number of fused-ring (bicyclic) bond motifs is 1. The number of carbonyl (C=O) groups excluding carboxylic acids is 2. The Morgan fingerprint density at radius 3 is 2.77 bits per heavy atom. The van der Waals surface area contributed by atoms with Crippen molar-refractivity contribution in [1.82, 2.24) is 4.90 Å². The van der Waals surface area contributed by atoms with Gasteiger partial charge in [-0.25, -0.2) is 0 Å². The van der Waals surface area contributed by atoms with Crippen molar-refractivity contribution in [2.24, 2.45) is 0 Å². The molecule has 0 saturated carbocycles. The Bertz CT molecular complexity index is 873. The van der Waals surface area contributed by atoms with E-state index in [2.05, 4.69) is 5.32 Å². The molecule has 4 rings (SSSR count). The number of hydrogen-bond acceptors (Lipinski definition) is 3. The Hall–Kier alpha value is -1.98. The van der Waals surface area contributed by atoms with Crippen LogP contribution in [0.25, 0.3) is 0 Å². The third-order valence-corrected chi connectivity index (χ3v) is 7.10. The van der Waals surface area contributed by atoms with Crippen LogP contribution >= 0.6 is 23.4 Å². The largest absolute Gasteiger partial charge is 0.324 e. The molecule has 1 N–H and O–H groups in total. The molecule has 0 radical (unpaired) electrons. The fourth-order valence-corrected chi connectivity index (χ4v) is 5.56. The molecule has 6 heteroatoms. The number of carbonyl (C=O) groups is 2. The maximum absolute atomic E-state index is 12.9. The number of halogens is 1. The van der Waals surface area contributed by atoms with Crippen LogP contribution in [0.2, 0.25) is 5.02 Å². The molecule has 0 aliphatic carbocycles. The van der Waals surface area contributed by atoms with Crippen LogP contribution in [-0.2, 0) is 14.5 Å². The van der Waals surface area contributed by atoms with E-state index in [1.165, 1.54) is 0 Å². The molecule has 0 aromatic heterocycles. The summed E-state index contributed by atoms with van der Waals surface area (Å²) in [5, 5.41) is 3.53. The van der Waals surface area contributed by atoms with Gasteiger partial charge in [0.15, 0.2) is 0 Å². The first-order valence-corrected chi connectivity index (χ1v) is 9.96. The van der Waals surface area contributed by atoms with Crippen LogP contribution < -0.4 is 5.32 Å². The topological polar surface area (TPSA) is 49.4 Å². The van der Waals surface area contributed by atoms with Gasteiger partial charge in [-0.2, -0.15) is 0 Å². The summed E-state index contributed by atoms with van der Waals surface area (Å²) < 4.78 is 0. The Balaban J connectivity index is 1.60. The smallest absolute Gasteiger partial charge is 0.248 e. The molecule has 0 unspecified atom stereocenters. The SMILES string of the molecule is Cc1ccc(NC(=O)[C@@H]2CS[C@]3(c4ccccc4)CCC(=O)N23)cc1Cl. The summed E-state index contributed by atoms with van der Waals surface area (Å²) in [5.41, 5.74) is 2.70. The predicted octanol–water partition coefficient (Wildman–Crippen LogP) is 4.18. The van der Waals surface area contributed by atoms with E-state index in [1.807, 2.05) is 49.4 Å². The lowest BCUT2D eigenvalue weighted by atomic mass is 10.0. The Labute approximate surface area is 161 Å². The first-order chi connectivity index (χ1) is 12.5. The Kier molecular flexibility index (Phi) is 4.45. The standard InChI is InChI=1S/C20H19ClN2O2S/c1-13-7-8-15(11-16(13)21)22-19(25)17-12-26-20(10-9-18(24)23(17)20)14-5-3-2-4-6-14/h2-8,11,17H,9-10,12H2,1H3,(H,22,25)/t17-,20-/m0/s1. The van der Waals surface area contributed by atoms with E-state index in [0.29, 0.717) is 22.9 Å². The van der Waals surface area contributed by atoms with Crippen LogP contribution in [0.5, 0.6) is 0 Å². The van der Waals surface area contributed by atoms with Gasteiger partial charge in [-0.05, 0) is 36.6 Å². The molecule has 2 fully saturated rings. The minimum Gasteiger partial charge on any atom is -0.324 e. The number of aryl methyl sites for hydroxylation is 1. The summed E-state index contributed by atoms with van der Waals surface area (Å²) >= 11 is 7.84. The van der Waals surface area contributed by atoms with E-state index in [-0.39, 0.29) is 11.8 Å². The lowest BCUT2D eigenvalue weighted by Crippen LogP contribution is -2.48. The van der Waals surface area contributed by atoms with Crippen LogP contribution in [0, 0.1) is 6.92 Å². The summed E-state index contributed by atoms with van der Waals surface area (Å²) in [6.45, 7) is 1.92. The molecule has 2 aromatic rings. The number of amides is 2. The Morgan fingerprint density at radius 1 is 1.27 bits per heavy atom. The molecule has 2 aliphatic heterocycles. The van der Waals surface area contributed by atoms with E-state index in [4.69, 9.17) is 11.6 Å². The maximum Gasteiger partial charge on any atom is 0.248 e. The van der Waals surface area contributed by atoms with Crippen molar-refractivity contribution in [3.63, 3.8) is 0 Å². The molecule has 2 atom stereocenters. The molecule has 2 heterocycles. The third kappa shape index (κ3) is 2.79. The van der Waals surface area contributed by atoms with Crippen molar-refractivity contribution in [1.29, 1.82) is 0 Å². The second-order valence-corrected chi connectivity index (χ2v) is 8.40. The number of thioether (sulfide) groups is 1. The van der Waals surface area contributed by atoms with E-state index < -0.39 is 10.9 Å². The molecule has 134 valence electrons. The van der Waals surface area contributed by atoms with Gasteiger partial charge in [-0.3, -0.25) is 9.59 Å². The number of nitrogens with zero attached hydrogens (tertiary/aromatic N) is 1. The monoisotopic (exact) mass is 386 g/mol. The zero-order chi connectivity index (χ0) is 18.3. The first kappa shape index (κ1) is 17.4. The average molecular weight is 387 g/mol. The van der Waals surface area contributed by atoms with Gasteiger partial charge in [0.25, 0.3) is 0 Å². The van der Waals surface area contributed by atoms with Crippen molar-refractivity contribution < 1.29 is 9.59 Å². The van der Waals surface area contributed by atoms with Crippen molar-refractivity contribution >= 4 is 40.9 Å². The number of rotatable bonds is 3. The minimum atomic E-state index is -0.477. The van der Waals surface area contributed by atoms with Crippen molar-refractivity contribution in [3.05, 3.63) is 64.7 Å². The van der Waals surface area contributed by atoms with E-state index >= 15 is 0 Å². The molecule has 4 nitrogen and oxygen atoms in total. The lowest BCUT2D eigenvalue weighted by molar-refractivity contribution is -0.136. The molecule has 0 spiro atoms. The molecular formula is C20H19ClN2O2S. The number of hydrogen-bond donors (Lipinski definition) is 1. The van der Waals surface area contributed by atoms with Gasteiger partial charge in [0.2, 0.25) is 11.8 Å². The number of nitrogens with one attached hydrogen (secondary N) is 1. The van der Waals surface area contributed by atoms with Gasteiger partial charge in [0.1, 0.15) is 10.9 Å². The summed E-state index contributed by atoms with van der Waals surface area (Å²) in [5.74, 6) is 0.470. The highest BCUT2D eigenvalue weighted by atomic mass is 35.5. The molecule has 2 saturated heterocycles. The van der Waals surface area contributed by atoms with Gasteiger partial charge in [0.05, 0.1) is 0 Å².